The minimum atomic E-state index is -0.435. The van der Waals surface area contributed by atoms with Crippen LogP contribution in [0.15, 0.2) is 33.9 Å². The average molecular weight is 495 g/mol. The Hall–Kier alpha value is -3.36. The van der Waals surface area contributed by atoms with Gasteiger partial charge in [0.1, 0.15) is 5.82 Å². The molecule has 3 heterocycles. The Labute approximate surface area is 211 Å². The first-order valence-electron chi connectivity index (χ1n) is 13.2. The van der Waals surface area contributed by atoms with Gasteiger partial charge in [0.25, 0.3) is 5.56 Å². The normalized spacial score (nSPS) is 13.7. The van der Waals surface area contributed by atoms with Gasteiger partial charge in [0.2, 0.25) is 5.91 Å². The van der Waals surface area contributed by atoms with Gasteiger partial charge in [-0.25, -0.2) is 9.78 Å². The van der Waals surface area contributed by atoms with Crippen molar-refractivity contribution in [2.75, 3.05) is 18.0 Å². The number of aryl methyl sites for hydroxylation is 2. The summed E-state index contributed by atoms with van der Waals surface area (Å²) < 4.78 is 3.43. The third-order valence-electron chi connectivity index (χ3n) is 6.72. The van der Waals surface area contributed by atoms with Crippen molar-refractivity contribution in [3.63, 3.8) is 0 Å². The number of rotatable bonds is 11. The van der Waals surface area contributed by atoms with Gasteiger partial charge >= 0.3 is 5.69 Å². The fourth-order valence-electron chi connectivity index (χ4n) is 4.81. The second kappa shape index (κ2) is 11.6. The summed E-state index contributed by atoms with van der Waals surface area (Å²) in [5.74, 6) is 0.859. The van der Waals surface area contributed by atoms with Gasteiger partial charge in [0.15, 0.2) is 11.2 Å². The molecule has 4 rings (SSSR count). The smallest absolute Gasteiger partial charge is 0.330 e. The standard InChI is InChI=1S/C27H38N6O3/c1-4-5-16-32-25-24(26(35)30-27(32)36)33(18-19(2)3)22(29-25)12-13-23(34)28-17-20-8-10-21(11-9-20)31-14-6-7-15-31/h8-11,19H,4-7,12-18H2,1-3H3,(H,28,34)(H,30,35,36). The summed E-state index contributed by atoms with van der Waals surface area (Å²) in [7, 11) is 0. The zero-order valence-corrected chi connectivity index (χ0v) is 21.7. The van der Waals surface area contributed by atoms with Gasteiger partial charge < -0.3 is 14.8 Å². The fraction of sp³-hybridized carbons (Fsp3) is 0.556. The van der Waals surface area contributed by atoms with Crippen LogP contribution in [0, 0.1) is 5.92 Å². The van der Waals surface area contributed by atoms with Crippen LogP contribution >= 0.6 is 0 Å². The summed E-state index contributed by atoms with van der Waals surface area (Å²) >= 11 is 0. The van der Waals surface area contributed by atoms with Gasteiger partial charge in [-0.3, -0.25) is 19.1 Å². The Bertz CT molecular complexity index is 1300. The number of aromatic amines is 1. The first kappa shape index (κ1) is 25.7. The predicted octanol–water partition coefficient (Wildman–Crippen LogP) is 3.19. The number of fused-ring (bicyclic) bond motifs is 1. The highest BCUT2D eigenvalue weighted by Crippen LogP contribution is 2.20. The molecule has 0 aliphatic carbocycles. The summed E-state index contributed by atoms with van der Waals surface area (Å²) in [6.07, 6.45) is 4.87. The lowest BCUT2D eigenvalue weighted by molar-refractivity contribution is -0.121. The summed E-state index contributed by atoms with van der Waals surface area (Å²) in [4.78, 5) is 47.4. The van der Waals surface area contributed by atoms with Gasteiger partial charge in [-0.05, 0) is 42.9 Å². The van der Waals surface area contributed by atoms with Crippen LogP contribution < -0.4 is 21.5 Å². The third-order valence-corrected chi connectivity index (χ3v) is 6.72. The first-order chi connectivity index (χ1) is 17.4. The van der Waals surface area contributed by atoms with E-state index in [0.29, 0.717) is 43.0 Å². The number of hydrogen-bond acceptors (Lipinski definition) is 5. The number of H-pyrrole nitrogens is 1. The number of hydrogen-bond donors (Lipinski definition) is 2. The van der Waals surface area contributed by atoms with Crippen LogP contribution in [0.2, 0.25) is 0 Å². The van der Waals surface area contributed by atoms with E-state index in [0.717, 1.165) is 31.5 Å². The molecule has 36 heavy (non-hydrogen) atoms. The van der Waals surface area contributed by atoms with E-state index < -0.39 is 11.2 Å². The predicted molar refractivity (Wildman–Crippen MR) is 142 cm³/mol. The zero-order chi connectivity index (χ0) is 25.7. The van der Waals surface area contributed by atoms with Crippen molar-refractivity contribution in [3.8, 4) is 0 Å². The lowest BCUT2D eigenvalue weighted by Gasteiger charge is -2.17. The molecule has 1 amide bonds. The number of benzene rings is 1. The maximum absolute atomic E-state index is 12.7. The Morgan fingerprint density at radius 3 is 2.50 bits per heavy atom. The topological polar surface area (TPSA) is 105 Å². The number of anilines is 1. The second-order valence-corrected chi connectivity index (χ2v) is 10.1. The van der Waals surface area contributed by atoms with Gasteiger partial charge in [-0.2, -0.15) is 0 Å². The van der Waals surface area contributed by atoms with E-state index >= 15 is 0 Å². The molecular weight excluding hydrogens is 456 g/mol. The van der Waals surface area contributed by atoms with Crippen molar-refractivity contribution in [2.45, 2.75) is 78.9 Å². The van der Waals surface area contributed by atoms with E-state index in [9.17, 15) is 14.4 Å². The number of unbranched alkanes of at least 4 members (excludes halogenated alkanes) is 1. The van der Waals surface area contributed by atoms with E-state index in [-0.39, 0.29) is 18.2 Å². The molecule has 9 nitrogen and oxygen atoms in total. The largest absolute Gasteiger partial charge is 0.372 e. The molecule has 9 heteroatoms. The molecule has 2 N–H and O–H groups in total. The van der Waals surface area contributed by atoms with Gasteiger partial charge in [0, 0.05) is 51.3 Å². The molecule has 0 bridgehead atoms. The van der Waals surface area contributed by atoms with Crippen LogP contribution in [-0.2, 0) is 30.8 Å². The van der Waals surface area contributed by atoms with Crippen molar-refractivity contribution < 1.29 is 4.79 Å². The molecule has 1 fully saturated rings. The molecule has 2 aromatic heterocycles. The highest BCUT2D eigenvalue weighted by Gasteiger charge is 2.20. The lowest BCUT2D eigenvalue weighted by atomic mass is 10.2. The van der Waals surface area contributed by atoms with Crippen molar-refractivity contribution in [2.24, 2.45) is 5.92 Å². The molecule has 1 aromatic carbocycles. The second-order valence-electron chi connectivity index (χ2n) is 10.1. The maximum Gasteiger partial charge on any atom is 0.330 e. The molecule has 0 atom stereocenters. The van der Waals surface area contributed by atoms with Crippen LogP contribution in [-0.4, -0.2) is 38.1 Å². The number of aromatic nitrogens is 4. The van der Waals surface area contributed by atoms with E-state index in [1.807, 2.05) is 4.57 Å². The monoisotopic (exact) mass is 494 g/mol. The third kappa shape index (κ3) is 5.88. The summed E-state index contributed by atoms with van der Waals surface area (Å²) in [6, 6.07) is 8.38. The summed E-state index contributed by atoms with van der Waals surface area (Å²) in [6.45, 7) is 9.96. The van der Waals surface area contributed by atoms with Crippen LogP contribution in [0.4, 0.5) is 5.69 Å². The van der Waals surface area contributed by atoms with Crippen molar-refractivity contribution in [3.05, 3.63) is 56.5 Å². The van der Waals surface area contributed by atoms with Crippen LogP contribution in [0.1, 0.15) is 64.3 Å². The van der Waals surface area contributed by atoms with Crippen molar-refractivity contribution in [1.82, 2.24) is 24.4 Å². The van der Waals surface area contributed by atoms with E-state index in [1.165, 1.54) is 18.5 Å². The van der Waals surface area contributed by atoms with E-state index in [4.69, 9.17) is 4.98 Å². The minimum absolute atomic E-state index is 0.0703. The zero-order valence-electron chi connectivity index (χ0n) is 21.7. The average Bonchev–Trinajstić information content (AvgIpc) is 3.50. The van der Waals surface area contributed by atoms with Crippen LogP contribution in [0.5, 0.6) is 0 Å². The summed E-state index contributed by atoms with van der Waals surface area (Å²) in [5, 5.41) is 3.00. The molecule has 0 unspecified atom stereocenters. The molecule has 1 aliphatic heterocycles. The molecule has 0 saturated carbocycles. The lowest BCUT2D eigenvalue weighted by Crippen LogP contribution is -2.31. The Morgan fingerprint density at radius 2 is 1.83 bits per heavy atom. The highest BCUT2D eigenvalue weighted by atomic mass is 16.2. The molecule has 3 aromatic rings. The minimum Gasteiger partial charge on any atom is -0.372 e. The summed E-state index contributed by atoms with van der Waals surface area (Å²) in [5.41, 5.74) is 2.25. The highest BCUT2D eigenvalue weighted by molar-refractivity contribution is 5.76. The fourth-order valence-corrected chi connectivity index (χ4v) is 4.81. The van der Waals surface area contributed by atoms with Gasteiger partial charge in [-0.15, -0.1) is 0 Å². The number of nitrogens with one attached hydrogen (secondary N) is 2. The first-order valence-corrected chi connectivity index (χ1v) is 13.2. The molecule has 194 valence electrons. The van der Waals surface area contributed by atoms with Crippen molar-refractivity contribution in [1.29, 1.82) is 0 Å². The molecule has 0 spiro atoms. The number of imidazole rings is 1. The van der Waals surface area contributed by atoms with Crippen molar-refractivity contribution >= 4 is 22.8 Å². The van der Waals surface area contributed by atoms with Crippen LogP contribution in [0.25, 0.3) is 11.2 Å². The Morgan fingerprint density at radius 1 is 1.11 bits per heavy atom. The Kier molecular flexibility index (Phi) is 8.28. The number of carbonyl (C=O) groups is 1. The molecule has 0 radical (unpaired) electrons. The van der Waals surface area contributed by atoms with Gasteiger partial charge in [0.05, 0.1) is 0 Å². The number of amides is 1. The molecular formula is C27H38N6O3. The van der Waals surface area contributed by atoms with E-state index in [2.05, 4.69) is 60.2 Å². The molecule has 1 saturated heterocycles. The molecule has 1 aliphatic rings. The maximum atomic E-state index is 12.7. The quantitative estimate of drug-likeness (QED) is 0.426. The Balaban J connectivity index is 1.46. The van der Waals surface area contributed by atoms with E-state index in [1.54, 1.807) is 4.57 Å². The van der Waals surface area contributed by atoms with Crippen LogP contribution in [0.3, 0.4) is 0 Å². The SMILES string of the molecule is CCCCn1c(=O)[nH]c(=O)c2c1nc(CCC(=O)NCc1ccc(N3CCCC3)cc1)n2CC(C)C. The van der Waals surface area contributed by atoms with Gasteiger partial charge in [-0.1, -0.05) is 39.3 Å². The number of carbonyl (C=O) groups excluding carboxylic acids is 1. The number of nitrogens with zero attached hydrogens (tertiary/aromatic N) is 4.